The van der Waals surface area contributed by atoms with Gasteiger partial charge in [-0.05, 0) is 32.1 Å². The monoisotopic (exact) mass is 443 g/mol. The molecule has 2 aliphatic heterocycles. The number of hydrogen-bond acceptors (Lipinski definition) is 4. The zero-order valence-corrected chi connectivity index (χ0v) is 16.3. The predicted octanol–water partition coefficient (Wildman–Crippen LogP) is 0.914. The van der Waals surface area contributed by atoms with Gasteiger partial charge in [-0.25, -0.2) is 8.42 Å². The summed E-state index contributed by atoms with van der Waals surface area (Å²) in [5.41, 5.74) is -0.0869. The first-order chi connectivity index (χ1) is 9.89. The molecule has 0 aromatic carbocycles. The fourth-order valence-electron chi connectivity index (χ4n) is 3.54. The fraction of sp³-hybridized carbons (Fsp3) is 0.929. The van der Waals surface area contributed by atoms with Crippen molar-refractivity contribution in [3.63, 3.8) is 0 Å². The number of hydrogen-bond donors (Lipinski definition) is 2. The Morgan fingerprint density at radius 3 is 2.55 bits per heavy atom. The molecule has 0 amide bonds. The van der Waals surface area contributed by atoms with E-state index in [1.165, 1.54) is 12.7 Å². The van der Waals surface area contributed by atoms with Crippen LogP contribution in [0.1, 0.15) is 32.1 Å². The standard InChI is InChI=1S/C14H25N3O3S.HI/c1-15-13(17-11-7-10-3-4-12(11)20-10)16-8-14(5-6-14)9-21(2,18)19;/h10-12H,3-9H2,1-2H3,(H2,15,16,17);1H. The van der Waals surface area contributed by atoms with E-state index in [2.05, 4.69) is 15.6 Å². The first-order valence-corrected chi connectivity index (χ1v) is 9.76. The Kier molecular flexibility index (Phi) is 5.64. The average molecular weight is 443 g/mol. The molecule has 22 heavy (non-hydrogen) atoms. The van der Waals surface area contributed by atoms with Gasteiger partial charge < -0.3 is 15.4 Å². The van der Waals surface area contributed by atoms with Crippen molar-refractivity contribution >= 4 is 39.8 Å². The first-order valence-electron chi connectivity index (χ1n) is 7.70. The maximum Gasteiger partial charge on any atom is 0.191 e. The normalized spacial score (nSPS) is 32.5. The zero-order valence-electron chi connectivity index (χ0n) is 13.2. The Labute approximate surface area is 149 Å². The molecule has 0 radical (unpaired) electrons. The second-order valence-corrected chi connectivity index (χ2v) is 9.00. The summed E-state index contributed by atoms with van der Waals surface area (Å²) >= 11 is 0. The third-order valence-corrected chi connectivity index (χ3v) is 5.94. The minimum Gasteiger partial charge on any atom is -0.373 e. The topological polar surface area (TPSA) is 79.8 Å². The number of nitrogens with zero attached hydrogens (tertiary/aromatic N) is 1. The summed E-state index contributed by atoms with van der Waals surface area (Å²) < 4.78 is 28.8. The van der Waals surface area contributed by atoms with Gasteiger partial charge in [-0.3, -0.25) is 4.99 Å². The van der Waals surface area contributed by atoms with Crippen LogP contribution in [-0.4, -0.2) is 58.2 Å². The van der Waals surface area contributed by atoms with Crippen molar-refractivity contribution in [2.24, 2.45) is 10.4 Å². The molecule has 1 saturated carbocycles. The van der Waals surface area contributed by atoms with E-state index in [0.29, 0.717) is 24.8 Å². The Morgan fingerprint density at radius 1 is 1.36 bits per heavy atom. The maximum absolute atomic E-state index is 11.5. The molecule has 3 unspecified atom stereocenters. The lowest BCUT2D eigenvalue weighted by Gasteiger charge is -2.24. The molecule has 3 rings (SSSR count). The average Bonchev–Trinajstić information content (AvgIpc) is 2.85. The highest BCUT2D eigenvalue weighted by Crippen LogP contribution is 2.46. The third kappa shape index (κ3) is 4.47. The highest BCUT2D eigenvalue weighted by Gasteiger charge is 2.45. The largest absolute Gasteiger partial charge is 0.373 e. The summed E-state index contributed by atoms with van der Waals surface area (Å²) in [5.74, 6) is 1.03. The van der Waals surface area contributed by atoms with Crippen LogP contribution >= 0.6 is 24.0 Å². The molecule has 8 heteroatoms. The molecule has 0 spiro atoms. The summed E-state index contributed by atoms with van der Waals surface area (Å²) in [6, 6.07) is 0.333. The number of rotatable bonds is 5. The van der Waals surface area contributed by atoms with Crippen molar-refractivity contribution in [1.82, 2.24) is 10.6 Å². The predicted molar refractivity (Wildman–Crippen MR) is 97.6 cm³/mol. The lowest BCUT2D eigenvalue weighted by Crippen LogP contribution is -2.49. The molecular weight excluding hydrogens is 417 g/mol. The molecule has 3 fully saturated rings. The summed E-state index contributed by atoms with van der Waals surface area (Å²) in [6.45, 7) is 0.668. The van der Waals surface area contributed by atoms with E-state index in [9.17, 15) is 8.42 Å². The van der Waals surface area contributed by atoms with Gasteiger partial charge in [0, 0.05) is 25.3 Å². The molecule has 6 nitrogen and oxygen atoms in total. The Hall–Kier alpha value is -0.0900. The van der Waals surface area contributed by atoms with Crippen LogP contribution in [0.15, 0.2) is 4.99 Å². The van der Waals surface area contributed by atoms with Crippen molar-refractivity contribution in [3.8, 4) is 0 Å². The molecule has 3 aliphatic rings. The molecule has 128 valence electrons. The molecule has 2 saturated heterocycles. The van der Waals surface area contributed by atoms with Gasteiger partial charge >= 0.3 is 0 Å². The maximum atomic E-state index is 11.5. The highest BCUT2D eigenvalue weighted by molar-refractivity contribution is 14.0. The van der Waals surface area contributed by atoms with E-state index in [1.807, 2.05) is 0 Å². The number of nitrogens with one attached hydrogen (secondary N) is 2. The number of sulfone groups is 1. The van der Waals surface area contributed by atoms with Gasteiger partial charge in [0.05, 0.1) is 24.0 Å². The summed E-state index contributed by atoms with van der Waals surface area (Å²) in [7, 11) is -1.17. The van der Waals surface area contributed by atoms with Crippen molar-refractivity contribution in [2.45, 2.75) is 50.4 Å². The number of aliphatic imine (C=N–C) groups is 1. The Balaban J connectivity index is 0.00000176. The summed E-state index contributed by atoms with van der Waals surface area (Å²) in [6.07, 6.45) is 7.31. The van der Waals surface area contributed by atoms with Crippen LogP contribution in [0.25, 0.3) is 0 Å². The Morgan fingerprint density at radius 2 is 2.09 bits per heavy atom. The van der Waals surface area contributed by atoms with Gasteiger partial charge in [0.2, 0.25) is 0 Å². The number of ether oxygens (including phenoxy) is 1. The van der Waals surface area contributed by atoms with Crippen molar-refractivity contribution < 1.29 is 13.2 Å². The second-order valence-electron chi connectivity index (χ2n) is 6.86. The molecule has 1 aliphatic carbocycles. The zero-order chi connectivity index (χ0) is 15.1. The van der Waals surface area contributed by atoms with Gasteiger partial charge in [-0.2, -0.15) is 0 Å². The lowest BCUT2D eigenvalue weighted by molar-refractivity contribution is 0.0992. The molecule has 2 heterocycles. The molecule has 0 aromatic rings. The van der Waals surface area contributed by atoms with Gasteiger partial charge in [-0.15, -0.1) is 24.0 Å². The van der Waals surface area contributed by atoms with Crippen LogP contribution in [0.5, 0.6) is 0 Å². The van der Waals surface area contributed by atoms with Gasteiger partial charge in [0.15, 0.2) is 5.96 Å². The van der Waals surface area contributed by atoms with Crippen molar-refractivity contribution in [1.29, 1.82) is 0 Å². The minimum atomic E-state index is -2.92. The highest BCUT2D eigenvalue weighted by atomic mass is 127. The van der Waals surface area contributed by atoms with E-state index in [1.54, 1.807) is 7.05 Å². The number of guanidine groups is 1. The van der Waals surface area contributed by atoms with E-state index in [-0.39, 0.29) is 35.1 Å². The summed E-state index contributed by atoms with van der Waals surface area (Å²) in [4.78, 5) is 4.25. The fourth-order valence-corrected chi connectivity index (χ4v) is 5.04. The molecule has 2 bridgehead atoms. The SMILES string of the molecule is CN=C(NCC1(CS(C)(=O)=O)CC1)NC1CC2CCC1O2.I. The van der Waals surface area contributed by atoms with Gasteiger partial charge in [-0.1, -0.05) is 0 Å². The quantitative estimate of drug-likeness (QED) is 0.375. The number of halogens is 1. The number of fused-ring (bicyclic) bond motifs is 2. The second kappa shape index (κ2) is 6.80. The summed E-state index contributed by atoms with van der Waals surface area (Å²) in [5, 5.41) is 6.72. The van der Waals surface area contributed by atoms with Crippen LogP contribution in [0.2, 0.25) is 0 Å². The van der Waals surface area contributed by atoms with Crippen LogP contribution < -0.4 is 10.6 Å². The van der Waals surface area contributed by atoms with E-state index < -0.39 is 9.84 Å². The van der Waals surface area contributed by atoms with Gasteiger partial charge in [0.1, 0.15) is 9.84 Å². The van der Waals surface area contributed by atoms with Crippen molar-refractivity contribution in [2.75, 3.05) is 25.6 Å². The van der Waals surface area contributed by atoms with Crippen LogP contribution in [0.4, 0.5) is 0 Å². The lowest BCUT2D eigenvalue weighted by atomic mass is 9.96. The molecule has 3 atom stereocenters. The van der Waals surface area contributed by atoms with Crippen LogP contribution in [0, 0.1) is 5.41 Å². The Bertz CT molecular complexity index is 533. The van der Waals surface area contributed by atoms with Gasteiger partial charge in [0.25, 0.3) is 0 Å². The van der Waals surface area contributed by atoms with Crippen LogP contribution in [0.3, 0.4) is 0 Å². The van der Waals surface area contributed by atoms with Crippen LogP contribution in [-0.2, 0) is 14.6 Å². The molecular formula is C14H26IN3O3S. The third-order valence-electron chi connectivity index (χ3n) is 4.81. The van der Waals surface area contributed by atoms with E-state index in [0.717, 1.165) is 31.6 Å². The minimum absolute atomic E-state index is 0. The van der Waals surface area contributed by atoms with Crippen molar-refractivity contribution in [3.05, 3.63) is 0 Å². The smallest absolute Gasteiger partial charge is 0.191 e. The molecule has 0 aromatic heterocycles. The first kappa shape index (κ1) is 18.3. The van der Waals surface area contributed by atoms with E-state index >= 15 is 0 Å². The molecule has 2 N–H and O–H groups in total. The van der Waals surface area contributed by atoms with E-state index in [4.69, 9.17) is 4.74 Å².